The number of hydrogen-bond donors (Lipinski definition) is 1. The fourth-order valence-corrected chi connectivity index (χ4v) is 5.97. The minimum absolute atomic E-state index is 0.190. The molecular weight excluding hydrogens is 312 g/mol. The van der Waals surface area contributed by atoms with E-state index in [2.05, 4.69) is 36.2 Å². The molecule has 4 unspecified atom stereocenters. The lowest BCUT2D eigenvalue weighted by Gasteiger charge is -2.22. The van der Waals surface area contributed by atoms with Crippen LogP contribution in [0.5, 0.6) is 0 Å². The zero-order valence-electron chi connectivity index (χ0n) is 11.0. The molecule has 0 saturated heterocycles. The molecule has 0 saturated carbocycles. The molecule has 0 aromatic heterocycles. The number of fused-ring (bicyclic) bond motifs is 1. The predicted molar refractivity (Wildman–Crippen MR) is 95.4 cm³/mol. The van der Waals surface area contributed by atoms with Crippen molar-refractivity contribution in [2.75, 3.05) is 25.0 Å². The lowest BCUT2D eigenvalue weighted by Crippen LogP contribution is -2.34. The third kappa shape index (κ3) is 3.46. The van der Waals surface area contributed by atoms with Crippen molar-refractivity contribution in [1.82, 2.24) is 4.90 Å². The van der Waals surface area contributed by atoms with E-state index in [1.165, 1.54) is 5.30 Å². The maximum atomic E-state index is 12.8. The third-order valence-electron chi connectivity index (χ3n) is 3.13. The summed E-state index contributed by atoms with van der Waals surface area (Å²) in [5.41, 5.74) is 1.89. The predicted octanol–water partition coefficient (Wildman–Crippen LogP) is 3.25. The van der Waals surface area contributed by atoms with Crippen molar-refractivity contribution in [2.24, 2.45) is 0 Å². The fraction of sp³-hybridized carbons (Fsp3) is 0.417. The van der Waals surface area contributed by atoms with E-state index in [0.717, 1.165) is 45.3 Å². The molecule has 3 nitrogen and oxygen atoms in total. The SMILES string of the molecule is CCCN1CCNc2cccc(P(P)PP)c2C1=O. The van der Waals surface area contributed by atoms with Crippen molar-refractivity contribution in [2.45, 2.75) is 13.3 Å². The van der Waals surface area contributed by atoms with Crippen molar-refractivity contribution in [3.63, 3.8) is 0 Å². The lowest BCUT2D eigenvalue weighted by atomic mass is 10.1. The lowest BCUT2D eigenvalue weighted by molar-refractivity contribution is 0.0769. The highest BCUT2D eigenvalue weighted by atomic mass is 32.6. The van der Waals surface area contributed by atoms with Crippen LogP contribution < -0.4 is 10.6 Å². The van der Waals surface area contributed by atoms with Gasteiger partial charge in [0, 0.05) is 25.3 Å². The fourth-order valence-electron chi connectivity index (χ4n) is 2.25. The molecule has 1 aliphatic rings. The molecular formula is C12H20N2OP4. The summed E-state index contributed by atoms with van der Waals surface area (Å²) in [5, 5.41) is 4.60. The van der Waals surface area contributed by atoms with Gasteiger partial charge >= 0.3 is 0 Å². The Morgan fingerprint density at radius 1 is 1.53 bits per heavy atom. The first-order chi connectivity index (χ1) is 9.19. The maximum Gasteiger partial charge on any atom is 0.256 e. The zero-order chi connectivity index (χ0) is 13.8. The van der Waals surface area contributed by atoms with Gasteiger partial charge in [-0.05, 0) is 25.1 Å². The molecule has 1 aromatic rings. The second-order valence-electron chi connectivity index (χ2n) is 4.42. The highest BCUT2D eigenvalue weighted by molar-refractivity contribution is 8.63. The Balaban J connectivity index is 2.45. The highest BCUT2D eigenvalue weighted by Crippen LogP contribution is 2.65. The summed E-state index contributed by atoms with van der Waals surface area (Å²) in [4.78, 5) is 14.7. The Hall–Kier alpha value is 0.210. The summed E-state index contributed by atoms with van der Waals surface area (Å²) in [6, 6.07) is 6.17. The van der Waals surface area contributed by atoms with E-state index in [-0.39, 0.29) is 13.2 Å². The summed E-state index contributed by atoms with van der Waals surface area (Å²) in [7, 11) is 6.14. The quantitative estimate of drug-likeness (QED) is 0.859. The van der Waals surface area contributed by atoms with E-state index < -0.39 is 0 Å². The largest absolute Gasteiger partial charge is 0.383 e. The summed E-state index contributed by atoms with van der Waals surface area (Å²) in [6.07, 6.45) is 1.00. The van der Waals surface area contributed by atoms with Crippen molar-refractivity contribution in [3.05, 3.63) is 23.8 Å². The number of anilines is 1. The normalized spacial score (nSPS) is 17.2. The summed E-state index contributed by atoms with van der Waals surface area (Å²) in [5.74, 6) is 0.190. The molecule has 0 bridgehead atoms. The number of carbonyl (C=O) groups excluding carboxylic acids is 1. The Bertz CT molecular complexity index is 469. The van der Waals surface area contributed by atoms with Gasteiger partial charge in [-0.3, -0.25) is 4.79 Å². The van der Waals surface area contributed by atoms with Crippen molar-refractivity contribution in [3.8, 4) is 0 Å². The van der Waals surface area contributed by atoms with Crippen LogP contribution in [0.1, 0.15) is 23.7 Å². The number of nitrogens with zero attached hydrogens (tertiary/aromatic N) is 1. The molecule has 0 aliphatic carbocycles. The molecule has 19 heavy (non-hydrogen) atoms. The summed E-state index contributed by atoms with van der Waals surface area (Å²) < 4.78 is 0. The first-order valence-electron chi connectivity index (χ1n) is 6.36. The average molecular weight is 332 g/mol. The van der Waals surface area contributed by atoms with Crippen molar-refractivity contribution < 1.29 is 4.79 Å². The number of rotatable bonds is 4. The maximum absolute atomic E-state index is 12.8. The van der Waals surface area contributed by atoms with Gasteiger partial charge in [0.2, 0.25) is 0 Å². The second kappa shape index (κ2) is 7.28. The van der Waals surface area contributed by atoms with Gasteiger partial charge in [-0.2, -0.15) is 0 Å². The van der Waals surface area contributed by atoms with Gasteiger partial charge in [0.15, 0.2) is 0 Å². The molecule has 2 rings (SSSR count). The number of hydrogen-bond acceptors (Lipinski definition) is 2. The number of amides is 1. The Labute approximate surface area is 122 Å². The molecule has 0 radical (unpaired) electrons. The molecule has 1 aromatic carbocycles. The Morgan fingerprint density at radius 3 is 3.00 bits per heavy atom. The van der Waals surface area contributed by atoms with Crippen molar-refractivity contribution in [1.29, 1.82) is 0 Å². The zero-order valence-corrected chi connectivity index (χ0v) is 15.2. The number of benzene rings is 1. The van der Waals surface area contributed by atoms with E-state index in [1.54, 1.807) is 0 Å². The van der Waals surface area contributed by atoms with E-state index >= 15 is 0 Å². The number of carbonyl (C=O) groups is 1. The van der Waals surface area contributed by atoms with Gasteiger partial charge in [0.05, 0.1) is 5.56 Å². The van der Waals surface area contributed by atoms with Gasteiger partial charge in [0.25, 0.3) is 5.91 Å². The van der Waals surface area contributed by atoms with Crippen LogP contribution in [0.15, 0.2) is 18.2 Å². The van der Waals surface area contributed by atoms with E-state index in [4.69, 9.17) is 0 Å². The Kier molecular flexibility index (Phi) is 5.98. The van der Waals surface area contributed by atoms with Gasteiger partial charge < -0.3 is 10.2 Å². The van der Waals surface area contributed by atoms with Crippen LogP contribution >= 0.6 is 33.1 Å². The monoisotopic (exact) mass is 332 g/mol. The molecule has 1 heterocycles. The first-order valence-corrected chi connectivity index (χ1v) is 13.0. The molecule has 104 valence electrons. The molecule has 0 spiro atoms. The molecule has 1 aliphatic heterocycles. The Morgan fingerprint density at radius 2 is 2.32 bits per heavy atom. The van der Waals surface area contributed by atoms with Crippen LogP contribution in [0.2, 0.25) is 0 Å². The van der Waals surface area contributed by atoms with Crippen LogP contribution in [-0.2, 0) is 0 Å². The first kappa shape index (κ1) is 15.6. The second-order valence-corrected chi connectivity index (χ2v) is 13.5. The van der Waals surface area contributed by atoms with Gasteiger partial charge in [-0.25, -0.2) is 0 Å². The smallest absolute Gasteiger partial charge is 0.256 e. The van der Waals surface area contributed by atoms with Gasteiger partial charge in [-0.1, -0.05) is 27.0 Å². The minimum atomic E-state index is -0.335. The molecule has 0 fully saturated rings. The highest BCUT2D eigenvalue weighted by Gasteiger charge is 2.25. The van der Waals surface area contributed by atoms with Gasteiger partial charge in [0.1, 0.15) is 0 Å². The third-order valence-corrected chi connectivity index (χ3v) is 13.2. The number of nitrogens with one attached hydrogen (secondary N) is 1. The average Bonchev–Trinajstić information content (AvgIpc) is 2.59. The molecule has 1 amide bonds. The summed E-state index contributed by atoms with van der Waals surface area (Å²) >= 11 is 0. The summed E-state index contributed by atoms with van der Waals surface area (Å²) in [6.45, 7) is 4.58. The van der Waals surface area contributed by atoms with E-state index in [0.29, 0.717) is 0 Å². The molecule has 4 atom stereocenters. The van der Waals surface area contributed by atoms with E-state index in [1.807, 2.05) is 17.0 Å². The van der Waals surface area contributed by atoms with Crippen LogP contribution in [0, 0.1) is 0 Å². The standard InChI is InChI=1S/C12H20N2OP4/c1-2-7-14-8-6-13-9-4-3-5-10(19(17)18-16)11(9)12(14)15/h3-5,13,18H,2,6-8,16-17H2,1H3. The van der Waals surface area contributed by atoms with Gasteiger partial charge in [-0.15, -0.1) is 17.9 Å². The van der Waals surface area contributed by atoms with Crippen LogP contribution in [0.25, 0.3) is 0 Å². The van der Waals surface area contributed by atoms with E-state index in [9.17, 15) is 4.79 Å². The van der Waals surface area contributed by atoms with Crippen LogP contribution in [0.3, 0.4) is 0 Å². The van der Waals surface area contributed by atoms with Crippen LogP contribution in [-0.4, -0.2) is 30.4 Å². The van der Waals surface area contributed by atoms with Crippen molar-refractivity contribution >= 4 is 50.0 Å². The topological polar surface area (TPSA) is 32.3 Å². The molecule has 1 N–H and O–H groups in total. The van der Waals surface area contributed by atoms with Crippen LogP contribution in [0.4, 0.5) is 5.69 Å². The minimum Gasteiger partial charge on any atom is -0.383 e. The molecule has 7 heteroatoms.